The highest BCUT2D eigenvalue weighted by Crippen LogP contribution is 2.45. The third kappa shape index (κ3) is 3.56. The van der Waals surface area contributed by atoms with Gasteiger partial charge in [-0.2, -0.15) is 5.10 Å². The van der Waals surface area contributed by atoms with Crippen molar-refractivity contribution in [1.29, 1.82) is 0 Å². The molecule has 0 aliphatic carbocycles. The Labute approximate surface area is 213 Å². The van der Waals surface area contributed by atoms with E-state index in [4.69, 9.17) is 4.74 Å². The summed E-state index contributed by atoms with van der Waals surface area (Å²) in [6.07, 6.45) is 2.14. The number of carbonyl (C=O) groups excluding carboxylic acids is 2. The number of aryl methyl sites for hydroxylation is 1. The molecule has 3 aliphatic rings. The quantitative estimate of drug-likeness (QED) is 0.392. The third-order valence-corrected chi connectivity index (χ3v) is 9.13. The summed E-state index contributed by atoms with van der Waals surface area (Å²) >= 11 is 0. The number of carbonyl (C=O) groups is 2. The SMILES string of the molecule is BC(B)(N1CCC2(CCN(c3ccc(=O)n(C)n3)C2=O)CC1)[C@](B)(O)c1ccc2c(c1C)COC2=O. The van der Waals surface area contributed by atoms with E-state index in [-0.39, 0.29) is 24.0 Å². The Bertz CT molecular complexity index is 1320. The van der Waals surface area contributed by atoms with Crippen molar-refractivity contribution in [3.05, 3.63) is 56.9 Å². The van der Waals surface area contributed by atoms with Crippen molar-refractivity contribution in [2.24, 2.45) is 12.5 Å². The molecule has 0 unspecified atom stereocenters. The van der Waals surface area contributed by atoms with Gasteiger partial charge in [0.1, 0.15) is 30.1 Å². The number of cyclic esters (lactones) is 1. The Kier molecular flexibility index (Phi) is 5.76. The number of nitrogens with zero attached hydrogens (tertiary/aromatic N) is 4. The van der Waals surface area contributed by atoms with Crippen LogP contribution < -0.4 is 10.5 Å². The molecule has 1 N–H and O–H groups in total. The first kappa shape index (κ1) is 24.8. The lowest BCUT2D eigenvalue weighted by molar-refractivity contribution is -0.128. The Morgan fingerprint density at radius 2 is 1.69 bits per heavy atom. The van der Waals surface area contributed by atoms with Crippen molar-refractivity contribution >= 4 is 41.2 Å². The molecule has 2 fully saturated rings. The van der Waals surface area contributed by atoms with Crippen LogP contribution in [0.3, 0.4) is 0 Å². The van der Waals surface area contributed by atoms with Crippen LogP contribution in [0, 0.1) is 12.3 Å². The van der Waals surface area contributed by atoms with Gasteiger partial charge in [-0.25, -0.2) is 9.48 Å². The van der Waals surface area contributed by atoms with Crippen LogP contribution >= 0.6 is 0 Å². The molecule has 186 valence electrons. The molecule has 0 saturated carbocycles. The number of anilines is 1. The molecule has 0 radical (unpaired) electrons. The van der Waals surface area contributed by atoms with E-state index >= 15 is 0 Å². The molecule has 3 aliphatic heterocycles. The molecular weight excluding hydrogens is 457 g/mol. The summed E-state index contributed by atoms with van der Waals surface area (Å²) in [5.74, 6) is 0.263. The maximum absolute atomic E-state index is 13.5. The smallest absolute Gasteiger partial charge is 0.338 e. The summed E-state index contributed by atoms with van der Waals surface area (Å²) in [4.78, 5) is 41.2. The van der Waals surface area contributed by atoms with E-state index in [0.717, 1.165) is 23.1 Å². The number of fused-ring (bicyclic) bond motifs is 1. The number of likely N-dealkylation sites (tertiary alicyclic amines) is 1. The van der Waals surface area contributed by atoms with Crippen LogP contribution in [0.25, 0.3) is 0 Å². The van der Waals surface area contributed by atoms with Gasteiger partial charge in [-0.1, -0.05) is 6.07 Å². The van der Waals surface area contributed by atoms with Crippen LogP contribution in [0.15, 0.2) is 29.1 Å². The van der Waals surface area contributed by atoms with Gasteiger partial charge in [0, 0.05) is 25.2 Å². The molecule has 5 rings (SSSR count). The molecule has 12 heteroatoms. The highest BCUT2D eigenvalue weighted by Gasteiger charge is 2.53. The molecule has 1 atom stereocenters. The summed E-state index contributed by atoms with van der Waals surface area (Å²) in [6, 6.07) is 6.65. The molecule has 2 saturated heterocycles. The maximum Gasteiger partial charge on any atom is 0.338 e. The van der Waals surface area contributed by atoms with Crippen molar-refractivity contribution in [2.45, 2.75) is 43.6 Å². The Morgan fingerprint density at radius 1 is 1.03 bits per heavy atom. The average Bonchev–Trinajstić information content (AvgIpc) is 3.37. The molecular formula is C24H31B3N4O5. The molecule has 1 aromatic heterocycles. The van der Waals surface area contributed by atoms with E-state index in [0.29, 0.717) is 43.9 Å². The van der Waals surface area contributed by atoms with Gasteiger partial charge in [-0.15, -0.1) is 0 Å². The van der Waals surface area contributed by atoms with Crippen molar-refractivity contribution in [2.75, 3.05) is 24.5 Å². The summed E-state index contributed by atoms with van der Waals surface area (Å²) < 4.78 is 6.46. The highest BCUT2D eigenvalue weighted by molar-refractivity contribution is 6.45. The first-order valence-electron chi connectivity index (χ1n) is 12.5. The summed E-state index contributed by atoms with van der Waals surface area (Å²) in [7, 11) is 7.49. The minimum atomic E-state index is -1.20. The molecule has 36 heavy (non-hydrogen) atoms. The molecule has 1 amide bonds. The topological polar surface area (TPSA) is 105 Å². The molecule has 1 aromatic carbocycles. The second kappa shape index (κ2) is 8.35. The number of hydrogen-bond acceptors (Lipinski definition) is 7. The van der Waals surface area contributed by atoms with Crippen LogP contribution in [0.4, 0.5) is 5.82 Å². The van der Waals surface area contributed by atoms with Crippen LogP contribution in [-0.2, 0) is 28.7 Å². The van der Waals surface area contributed by atoms with Crippen LogP contribution in [0.2, 0.25) is 0 Å². The second-order valence-corrected chi connectivity index (χ2v) is 11.1. The van der Waals surface area contributed by atoms with E-state index in [2.05, 4.69) is 10.00 Å². The fraction of sp³-hybridized carbons (Fsp3) is 0.500. The minimum Gasteiger partial charge on any atom is -0.457 e. The summed E-state index contributed by atoms with van der Waals surface area (Å²) in [5, 5.41) is 15.6. The standard InChI is InChI=1S/C24H31B3N4O5/c1-14-16-13-36-20(33)15(16)3-4-17(14)23(25,35)24(26,27)30-10-7-22(8-11-30)9-12-31(21(22)34)18-5-6-19(32)29(2)28-18/h3-6,35H,7-13,25-27H2,1-2H3/t23-/m1/s1. The number of aromatic nitrogens is 2. The highest BCUT2D eigenvalue weighted by atomic mass is 16.5. The molecule has 1 spiro atoms. The number of amides is 1. The number of ether oxygens (including phenoxy) is 1. The second-order valence-electron chi connectivity index (χ2n) is 11.1. The number of esters is 1. The lowest BCUT2D eigenvalue weighted by atomic mass is 9.43. The lowest BCUT2D eigenvalue weighted by Crippen LogP contribution is -2.66. The fourth-order valence-corrected chi connectivity index (χ4v) is 6.15. The van der Waals surface area contributed by atoms with Crippen LogP contribution in [0.5, 0.6) is 0 Å². The van der Waals surface area contributed by atoms with Gasteiger partial charge in [0.15, 0.2) is 5.82 Å². The van der Waals surface area contributed by atoms with E-state index in [1.54, 1.807) is 24.1 Å². The maximum atomic E-state index is 13.5. The van der Waals surface area contributed by atoms with Gasteiger partial charge in [0.2, 0.25) is 5.91 Å². The lowest BCUT2D eigenvalue weighted by Gasteiger charge is -2.53. The summed E-state index contributed by atoms with van der Waals surface area (Å²) in [6.45, 7) is 4.11. The van der Waals surface area contributed by atoms with Crippen molar-refractivity contribution in [3.63, 3.8) is 0 Å². The third-order valence-electron chi connectivity index (χ3n) is 9.13. The first-order chi connectivity index (χ1) is 16.9. The van der Waals surface area contributed by atoms with E-state index in [1.807, 2.05) is 36.5 Å². The zero-order valence-corrected chi connectivity index (χ0v) is 21.6. The number of benzene rings is 1. The Hall–Kier alpha value is -2.85. The zero-order valence-electron chi connectivity index (χ0n) is 21.6. The van der Waals surface area contributed by atoms with Crippen LogP contribution in [-0.4, -0.2) is 80.2 Å². The fourth-order valence-electron chi connectivity index (χ4n) is 6.15. The molecule has 4 heterocycles. The van der Waals surface area contributed by atoms with Crippen molar-refractivity contribution in [3.8, 4) is 0 Å². The van der Waals surface area contributed by atoms with Gasteiger partial charge >= 0.3 is 5.97 Å². The number of hydrogen-bond donors (Lipinski definition) is 1. The zero-order chi connectivity index (χ0) is 26.0. The monoisotopic (exact) mass is 488 g/mol. The summed E-state index contributed by atoms with van der Waals surface area (Å²) in [5.41, 5.74) is 1.23. The Morgan fingerprint density at radius 3 is 2.36 bits per heavy atom. The first-order valence-corrected chi connectivity index (χ1v) is 12.5. The van der Waals surface area contributed by atoms with E-state index in [9.17, 15) is 19.5 Å². The normalized spacial score (nSPS) is 21.5. The predicted molar refractivity (Wildman–Crippen MR) is 142 cm³/mol. The van der Waals surface area contributed by atoms with Crippen molar-refractivity contribution in [1.82, 2.24) is 14.7 Å². The number of rotatable bonds is 4. The van der Waals surface area contributed by atoms with Gasteiger partial charge in [0.25, 0.3) is 5.56 Å². The minimum absolute atomic E-state index is 0.0667. The predicted octanol–water partition coefficient (Wildman–Crippen LogP) is -2.02. The Balaban J connectivity index is 1.34. The largest absolute Gasteiger partial charge is 0.457 e. The molecule has 9 nitrogen and oxygen atoms in total. The van der Waals surface area contributed by atoms with E-state index < -0.39 is 16.3 Å². The van der Waals surface area contributed by atoms with Crippen LogP contribution in [0.1, 0.15) is 46.3 Å². The number of aliphatic hydroxyl groups is 1. The molecule has 0 bridgehead atoms. The van der Waals surface area contributed by atoms with E-state index in [1.165, 1.54) is 10.7 Å². The van der Waals surface area contributed by atoms with Gasteiger partial charge < -0.3 is 14.7 Å². The van der Waals surface area contributed by atoms with Gasteiger partial charge in [0.05, 0.1) is 16.5 Å². The number of piperidine rings is 1. The van der Waals surface area contributed by atoms with Gasteiger partial charge in [-0.05, 0) is 67.9 Å². The van der Waals surface area contributed by atoms with Gasteiger partial charge in [-0.3, -0.25) is 14.5 Å². The molecule has 2 aromatic rings. The van der Waals surface area contributed by atoms with Crippen molar-refractivity contribution < 1.29 is 19.4 Å². The average molecular weight is 488 g/mol.